The summed E-state index contributed by atoms with van der Waals surface area (Å²) in [4.78, 5) is 13.3. The molecule has 0 aromatic heterocycles. The number of carbonyl (C=O) groups excluding carboxylic acids is 1. The monoisotopic (exact) mass is 264 g/mol. The summed E-state index contributed by atoms with van der Waals surface area (Å²) in [6.45, 7) is 5.55. The molecular formula is C15H24N2O2. The van der Waals surface area contributed by atoms with Crippen molar-refractivity contribution in [3.05, 3.63) is 29.8 Å². The first-order valence-corrected chi connectivity index (χ1v) is 6.64. The second-order valence-electron chi connectivity index (χ2n) is 5.06. The molecule has 0 aliphatic carbocycles. The Hall–Kier alpha value is -1.55. The predicted molar refractivity (Wildman–Crippen MR) is 78.3 cm³/mol. The van der Waals surface area contributed by atoms with Gasteiger partial charge in [0.25, 0.3) is 0 Å². The zero-order valence-corrected chi connectivity index (χ0v) is 12.3. The maximum Gasteiger partial charge on any atom is 0.308 e. The minimum Gasteiger partial charge on any atom is -0.464 e. The average molecular weight is 264 g/mol. The fourth-order valence-electron chi connectivity index (χ4n) is 1.54. The van der Waals surface area contributed by atoms with Crippen LogP contribution in [0.1, 0.15) is 19.4 Å². The smallest absolute Gasteiger partial charge is 0.308 e. The third kappa shape index (κ3) is 5.75. The van der Waals surface area contributed by atoms with Crippen LogP contribution in [0.5, 0.6) is 0 Å². The van der Waals surface area contributed by atoms with E-state index in [9.17, 15) is 4.79 Å². The molecule has 106 valence electrons. The average Bonchev–Trinajstić information content (AvgIpc) is 2.38. The molecule has 0 aliphatic rings. The maximum absolute atomic E-state index is 11.2. The molecule has 4 nitrogen and oxygen atoms in total. The van der Waals surface area contributed by atoms with E-state index in [2.05, 4.69) is 34.5 Å². The van der Waals surface area contributed by atoms with Crippen molar-refractivity contribution in [2.24, 2.45) is 5.92 Å². The largest absolute Gasteiger partial charge is 0.464 e. The van der Waals surface area contributed by atoms with Crippen LogP contribution in [-0.2, 0) is 16.1 Å². The van der Waals surface area contributed by atoms with E-state index in [1.165, 1.54) is 11.3 Å². The number of anilines is 1. The topological polar surface area (TPSA) is 41.6 Å². The van der Waals surface area contributed by atoms with Crippen molar-refractivity contribution in [1.82, 2.24) is 5.32 Å². The van der Waals surface area contributed by atoms with Crippen molar-refractivity contribution in [2.75, 3.05) is 32.1 Å². The number of rotatable bonds is 7. The van der Waals surface area contributed by atoms with Gasteiger partial charge in [0, 0.05) is 32.9 Å². The third-order valence-corrected chi connectivity index (χ3v) is 2.78. The lowest BCUT2D eigenvalue weighted by Crippen LogP contribution is -2.22. The fraction of sp³-hybridized carbons (Fsp3) is 0.533. The van der Waals surface area contributed by atoms with E-state index in [1.807, 2.05) is 27.9 Å². The van der Waals surface area contributed by atoms with Gasteiger partial charge in [0.1, 0.15) is 6.61 Å². The van der Waals surface area contributed by atoms with Crippen LogP contribution in [0.2, 0.25) is 0 Å². The van der Waals surface area contributed by atoms with Crippen molar-refractivity contribution < 1.29 is 9.53 Å². The minimum absolute atomic E-state index is 0.0569. The lowest BCUT2D eigenvalue weighted by atomic mass is 10.2. The van der Waals surface area contributed by atoms with Crippen LogP contribution < -0.4 is 10.2 Å². The number of hydrogen-bond donors (Lipinski definition) is 1. The second-order valence-corrected chi connectivity index (χ2v) is 5.06. The van der Waals surface area contributed by atoms with Gasteiger partial charge in [-0.1, -0.05) is 26.0 Å². The van der Waals surface area contributed by atoms with Crippen molar-refractivity contribution in [3.8, 4) is 0 Å². The van der Waals surface area contributed by atoms with Crippen molar-refractivity contribution in [3.63, 3.8) is 0 Å². The number of benzene rings is 1. The Morgan fingerprint density at radius 1 is 1.26 bits per heavy atom. The fourth-order valence-corrected chi connectivity index (χ4v) is 1.54. The first kappa shape index (κ1) is 15.5. The van der Waals surface area contributed by atoms with E-state index in [-0.39, 0.29) is 11.9 Å². The van der Waals surface area contributed by atoms with Crippen molar-refractivity contribution >= 4 is 11.7 Å². The van der Waals surface area contributed by atoms with Gasteiger partial charge in [-0.25, -0.2) is 0 Å². The molecule has 0 unspecified atom stereocenters. The van der Waals surface area contributed by atoms with Crippen LogP contribution in [0, 0.1) is 5.92 Å². The molecular weight excluding hydrogens is 240 g/mol. The summed E-state index contributed by atoms with van der Waals surface area (Å²) < 4.78 is 5.08. The van der Waals surface area contributed by atoms with E-state index in [0.717, 1.165) is 6.54 Å². The van der Waals surface area contributed by atoms with Gasteiger partial charge in [-0.05, 0) is 17.7 Å². The van der Waals surface area contributed by atoms with Gasteiger partial charge >= 0.3 is 5.97 Å². The van der Waals surface area contributed by atoms with Crippen LogP contribution in [0.25, 0.3) is 0 Å². The molecule has 0 saturated carbocycles. The van der Waals surface area contributed by atoms with Gasteiger partial charge in [0.15, 0.2) is 0 Å². The van der Waals surface area contributed by atoms with Crippen LogP contribution in [0.3, 0.4) is 0 Å². The molecule has 0 saturated heterocycles. The second kappa shape index (κ2) is 7.79. The molecule has 0 atom stereocenters. The standard InChI is InChI=1S/C15H24N2O2/c1-12(2)15(18)19-10-9-16-11-13-5-7-14(8-6-13)17(3)4/h5-8,12,16H,9-11H2,1-4H3. The van der Waals surface area contributed by atoms with E-state index in [1.54, 1.807) is 0 Å². The number of hydrogen-bond acceptors (Lipinski definition) is 4. The van der Waals surface area contributed by atoms with E-state index < -0.39 is 0 Å². The molecule has 0 aliphatic heterocycles. The Kier molecular flexibility index (Phi) is 6.36. The molecule has 0 heterocycles. The molecule has 19 heavy (non-hydrogen) atoms. The zero-order valence-electron chi connectivity index (χ0n) is 12.3. The summed E-state index contributed by atoms with van der Waals surface area (Å²) in [5, 5.41) is 3.25. The van der Waals surface area contributed by atoms with Crippen LogP contribution in [0.4, 0.5) is 5.69 Å². The van der Waals surface area contributed by atoms with Crippen molar-refractivity contribution in [1.29, 1.82) is 0 Å². The van der Waals surface area contributed by atoms with E-state index in [4.69, 9.17) is 4.74 Å². The number of nitrogens with zero attached hydrogens (tertiary/aromatic N) is 1. The normalized spacial score (nSPS) is 10.6. The highest BCUT2D eigenvalue weighted by atomic mass is 16.5. The number of carbonyl (C=O) groups is 1. The highest BCUT2D eigenvalue weighted by molar-refractivity contribution is 5.71. The summed E-state index contributed by atoms with van der Waals surface area (Å²) in [7, 11) is 4.05. The molecule has 1 aromatic rings. The van der Waals surface area contributed by atoms with Gasteiger partial charge in [0.05, 0.1) is 5.92 Å². The predicted octanol–water partition coefficient (Wildman–Crippen LogP) is 2.04. The lowest BCUT2D eigenvalue weighted by molar-refractivity contribution is -0.147. The molecule has 0 spiro atoms. The lowest BCUT2D eigenvalue weighted by Gasteiger charge is -2.13. The minimum atomic E-state index is -0.142. The highest BCUT2D eigenvalue weighted by Gasteiger charge is 2.06. The Morgan fingerprint density at radius 3 is 2.42 bits per heavy atom. The highest BCUT2D eigenvalue weighted by Crippen LogP contribution is 2.11. The Labute approximate surface area is 115 Å². The molecule has 1 aromatic carbocycles. The van der Waals surface area contributed by atoms with Crippen LogP contribution in [-0.4, -0.2) is 33.2 Å². The Morgan fingerprint density at radius 2 is 1.89 bits per heavy atom. The molecule has 0 amide bonds. The first-order chi connectivity index (χ1) is 9.00. The molecule has 0 bridgehead atoms. The van der Waals surface area contributed by atoms with Crippen LogP contribution in [0.15, 0.2) is 24.3 Å². The van der Waals surface area contributed by atoms with Gasteiger partial charge < -0.3 is 15.0 Å². The molecule has 1 rings (SSSR count). The van der Waals surface area contributed by atoms with Gasteiger partial charge in [-0.3, -0.25) is 4.79 Å². The maximum atomic E-state index is 11.2. The van der Waals surface area contributed by atoms with Crippen LogP contribution >= 0.6 is 0 Å². The summed E-state index contributed by atoms with van der Waals surface area (Å²) in [6.07, 6.45) is 0. The molecule has 0 fully saturated rings. The Bertz CT molecular complexity index is 386. The Balaban J connectivity index is 2.21. The SMILES string of the molecule is CC(C)C(=O)OCCNCc1ccc(N(C)C)cc1. The quantitative estimate of drug-likeness (QED) is 0.604. The van der Waals surface area contributed by atoms with Gasteiger partial charge in [0.2, 0.25) is 0 Å². The number of nitrogens with one attached hydrogen (secondary N) is 1. The molecule has 4 heteroatoms. The van der Waals surface area contributed by atoms with Gasteiger partial charge in [-0.15, -0.1) is 0 Å². The van der Waals surface area contributed by atoms with E-state index in [0.29, 0.717) is 13.2 Å². The summed E-state index contributed by atoms with van der Waals surface area (Å²) >= 11 is 0. The first-order valence-electron chi connectivity index (χ1n) is 6.64. The van der Waals surface area contributed by atoms with E-state index >= 15 is 0 Å². The number of ether oxygens (including phenoxy) is 1. The summed E-state index contributed by atoms with van der Waals surface area (Å²) in [6, 6.07) is 8.39. The summed E-state index contributed by atoms with van der Waals surface area (Å²) in [5.74, 6) is -0.198. The third-order valence-electron chi connectivity index (χ3n) is 2.78. The number of esters is 1. The molecule has 0 radical (unpaired) electrons. The zero-order chi connectivity index (χ0) is 14.3. The van der Waals surface area contributed by atoms with Crippen molar-refractivity contribution in [2.45, 2.75) is 20.4 Å². The molecule has 1 N–H and O–H groups in total. The van der Waals surface area contributed by atoms with Gasteiger partial charge in [-0.2, -0.15) is 0 Å². The summed E-state index contributed by atoms with van der Waals surface area (Å²) in [5.41, 5.74) is 2.41.